The summed E-state index contributed by atoms with van der Waals surface area (Å²) in [5, 5.41) is 12.3. The highest BCUT2D eigenvalue weighted by molar-refractivity contribution is 7.99. The van der Waals surface area contributed by atoms with Crippen molar-refractivity contribution >= 4 is 17.7 Å². The average Bonchev–Trinajstić information content (AvgIpc) is 3.30. The van der Waals surface area contributed by atoms with E-state index in [9.17, 15) is 4.79 Å². The van der Waals surface area contributed by atoms with Crippen LogP contribution in [-0.4, -0.2) is 33.0 Å². The van der Waals surface area contributed by atoms with Crippen molar-refractivity contribution < 1.29 is 4.79 Å². The summed E-state index contributed by atoms with van der Waals surface area (Å²) in [6.45, 7) is 9.11. The van der Waals surface area contributed by atoms with E-state index in [1.165, 1.54) is 22.9 Å². The lowest BCUT2D eigenvalue weighted by molar-refractivity contribution is -0.118. The molecule has 2 aromatic rings. The second-order valence-corrected chi connectivity index (χ2v) is 7.27. The van der Waals surface area contributed by atoms with Gasteiger partial charge in [-0.3, -0.25) is 4.79 Å². The quantitative estimate of drug-likeness (QED) is 0.582. The zero-order chi connectivity index (χ0) is 17.8. The van der Waals surface area contributed by atoms with E-state index >= 15 is 0 Å². The predicted octanol–water partition coefficient (Wildman–Crippen LogP) is 3.27. The topological polar surface area (TPSA) is 59.8 Å². The van der Waals surface area contributed by atoms with E-state index in [1.54, 1.807) is 6.08 Å². The first-order valence-electron chi connectivity index (χ1n) is 8.64. The van der Waals surface area contributed by atoms with Crippen LogP contribution in [0.25, 0.3) is 0 Å². The Morgan fingerprint density at radius 1 is 1.36 bits per heavy atom. The minimum atomic E-state index is -0.0129. The summed E-state index contributed by atoms with van der Waals surface area (Å²) < 4.78 is 2.14. The van der Waals surface area contributed by atoms with Crippen LogP contribution in [0, 0.1) is 6.92 Å². The minimum absolute atomic E-state index is 0.0129. The zero-order valence-corrected chi connectivity index (χ0v) is 15.6. The number of nitrogens with zero attached hydrogens (tertiary/aromatic N) is 3. The molecule has 1 N–H and O–H groups in total. The fourth-order valence-corrected chi connectivity index (χ4v) is 3.85. The normalized spacial score (nSPS) is 18.8. The van der Waals surface area contributed by atoms with Crippen LogP contribution in [-0.2, 0) is 11.3 Å². The van der Waals surface area contributed by atoms with Crippen LogP contribution < -0.4 is 5.32 Å². The minimum Gasteiger partial charge on any atom is -0.352 e. The van der Waals surface area contributed by atoms with Crippen LogP contribution in [0.5, 0.6) is 0 Å². The lowest BCUT2D eigenvalue weighted by Crippen LogP contribution is -2.25. The molecule has 0 unspecified atom stereocenters. The molecular formula is C19H24N4OS. The summed E-state index contributed by atoms with van der Waals surface area (Å²) in [5.41, 5.74) is 2.66. The predicted molar refractivity (Wildman–Crippen MR) is 101 cm³/mol. The summed E-state index contributed by atoms with van der Waals surface area (Å²) in [7, 11) is 0. The number of amides is 1. The highest BCUT2D eigenvalue weighted by Gasteiger charge is 2.43. The Kier molecular flexibility index (Phi) is 5.58. The van der Waals surface area contributed by atoms with Crippen molar-refractivity contribution in [2.45, 2.75) is 43.8 Å². The van der Waals surface area contributed by atoms with Crippen molar-refractivity contribution in [2.24, 2.45) is 0 Å². The van der Waals surface area contributed by atoms with E-state index in [1.807, 2.05) is 0 Å². The van der Waals surface area contributed by atoms with Gasteiger partial charge in [0.05, 0.1) is 5.75 Å². The molecule has 3 rings (SSSR count). The van der Waals surface area contributed by atoms with Gasteiger partial charge in [-0.2, -0.15) is 0 Å². The van der Waals surface area contributed by atoms with Gasteiger partial charge in [-0.15, -0.1) is 16.8 Å². The van der Waals surface area contributed by atoms with Gasteiger partial charge in [-0.05, 0) is 31.7 Å². The van der Waals surface area contributed by atoms with Crippen molar-refractivity contribution in [3.8, 4) is 0 Å². The van der Waals surface area contributed by atoms with E-state index < -0.39 is 0 Å². The van der Waals surface area contributed by atoms with Crippen molar-refractivity contribution in [1.82, 2.24) is 20.1 Å². The molecule has 2 atom stereocenters. The lowest BCUT2D eigenvalue weighted by Gasteiger charge is -2.07. The van der Waals surface area contributed by atoms with Crippen LogP contribution in [0.2, 0.25) is 0 Å². The monoisotopic (exact) mass is 356 g/mol. The van der Waals surface area contributed by atoms with Gasteiger partial charge in [0, 0.05) is 19.0 Å². The molecule has 0 saturated heterocycles. The summed E-state index contributed by atoms with van der Waals surface area (Å²) in [6.07, 6.45) is 2.79. The fourth-order valence-electron chi connectivity index (χ4n) is 3.01. The second kappa shape index (κ2) is 7.87. The number of aromatic nitrogens is 3. The van der Waals surface area contributed by atoms with Crippen LogP contribution in [0.1, 0.15) is 42.1 Å². The molecule has 1 aromatic carbocycles. The Morgan fingerprint density at radius 2 is 2.12 bits per heavy atom. The smallest absolute Gasteiger partial charge is 0.230 e. The molecule has 132 valence electrons. The summed E-state index contributed by atoms with van der Waals surface area (Å²) in [5.74, 6) is 2.34. The van der Waals surface area contributed by atoms with Crippen LogP contribution in [0.15, 0.2) is 42.1 Å². The molecule has 1 aromatic heterocycles. The van der Waals surface area contributed by atoms with Gasteiger partial charge < -0.3 is 9.88 Å². The Hall–Kier alpha value is -2.08. The van der Waals surface area contributed by atoms with E-state index in [2.05, 4.69) is 64.8 Å². The highest BCUT2D eigenvalue weighted by atomic mass is 32.2. The molecule has 0 spiro atoms. The van der Waals surface area contributed by atoms with Crippen molar-refractivity contribution in [1.29, 1.82) is 0 Å². The summed E-state index contributed by atoms with van der Waals surface area (Å²) >= 11 is 1.44. The molecule has 6 heteroatoms. The number of hydrogen-bond acceptors (Lipinski definition) is 4. The van der Waals surface area contributed by atoms with Crippen LogP contribution in [0.4, 0.5) is 0 Å². The number of carbonyl (C=O) groups excluding carboxylic acids is 1. The van der Waals surface area contributed by atoms with Crippen molar-refractivity contribution in [3.63, 3.8) is 0 Å². The Labute approximate surface area is 152 Å². The van der Waals surface area contributed by atoms with E-state index in [0.29, 0.717) is 24.1 Å². The number of carbonyl (C=O) groups is 1. The Balaban J connectivity index is 1.65. The standard InChI is InChI=1S/C19H24N4OS/c1-4-10-20-17(24)12-25-19-22-21-18(23(19)5-2)16-11-15(16)14-8-6-13(3)7-9-14/h4,6-9,15-16H,1,5,10-12H2,2-3H3,(H,20,24)/t15-,16+/m1/s1. The van der Waals surface area contributed by atoms with Crippen molar-refractivity contribution in [3.05, 3.63) is 53.9 Å². The number of nitrogens with one attached hydrogen (secondary N) is 1. The van der Waals surface area contributed by atoms with Gasteiger partial charge in [-0.1, -0.05) is 47.7 Å². The molecule has 1 amide bonds. The van der Waals surface area contributed by atoms with Gasteiger partial charge in [0.25, 0.3) is 0 Å². The molecule has 5 nitrogen and oxygen atoms in total. The van der Waals surface area contributed by atoms with E-state index in [-0.39, 0.29) is 5.91 Å². The maximum Gasteiger partial charge on any atom is 0.230 e. The Morgan fingerprint density at radius 3 is 2.80 bits per heavy atom. The highest BCUT2D eigenvalue weighted by Crippen LogP contribution is 2.54. The van der Waals surface area contributed by atoms with E-state index in [4.69, 9.17) is 0 Å². The van der Waals surface area contributed by atoms with Crippen molar-refractivity contribution in [2.75, 3.05) is 12.3 Å². The van der Waals surface area contributed by atoms with Crippen LogP contribution >= 0.6 is 11.8 Å². The average molecular weight is 356 g/mol. The van der Waals surface area contributed by atoms with Crippen LogP contribution in [0.3, 0.4) is 0 Å². The Bertz CT molecular complexity index is 753. The zero-order valence-electron chi connectivity index (χ0n) is 14.7. The lowest BCUT2D eigenvalue weighted by atomic mass is 10.1. The SMILES string of the molecule is C=CCNC(=O)CSc1nnc([C@H]2C[C@@H]2c2ccc(C)cc2)n1CC. The maximum atomic E-state index is 11.8. The molecular weight excluding hydrogens is 332 g/mol. The number of rotatable bonds is 8. The molecule has 1 fully saturated rings. The molecule has 0 aliphatic heterocycles. The first-order chi connectivity index (χ1) is 12.1. The van der Waals surface area contributed by atoms with Gasteiger partial charge in [-0.25, -0.2) is 0 Å². The largest absolute Gasteiger partial charge is 0.352 e. The van der Waals surface area contributed by atoms with Gasteiger partial charge in [0.15, 0.2) is 5.16 Å². The first-order valence-corrected chi connectivity index (χ1v) is 9.62. The third-order valence-corrected chi connectivity index (χ3v) is 5.43. The molecule has 0 radical (unpaired) electrons. The number of benzene rings is 1. The number of thioether (sulfide) groups is 1. The van der Waals surface area contributed by atoms with E-state index in [0.717, 1.165) is 23.9 Å². The van der Waals surface area contributed by atoms with Gasteiger partial charge in [0.2, 0.25) is 5.91 Å². The van der Waals surface area contributed by atoms with Gasteiger partial charge >= 0.3 is 0 Å². The molecule has 1 aliphatic rings. The first kappa shape index (κ1) is 17.7. The molecule has 1 aliphatic carbocycles. The van der Waals surface area contributed by atoms with Gasteiger partial charge in [0.1, 0.15) is 5.82 Å². The third kappa shape index (κ3) is 4.12. The second-order valence-electron chi connectivity index (χ2n) is 6.33. The number of aryl methyl sites for hydroxylation is 1. The third-order valence-electron chi connectivity index (χ3n) is 4.47. The molecule has 1 saturated carbocycles. The number of hydrogen-bond donors (Lipinski definition) is 1. The molecule has 0 bridgehead atoms. The molecule has 25 heavy (non-hydrogen) atoms. The summed E-state index contributed by atoms with van der Waals surface area (Å²) in [4.78, 5) is 11.8. The summed E-state index contributed by atoms with van der Waals surface area (Å²) in [6, 6.07) is 8.76. The fraction of sp³-hybridized carbons (Fsp3) is 0.421. The molecule has 1 heterocycles. The maximum absolute atomic E-state index is 11.8.